The van der Waals surface area contributed by atoms with Crippen LogP contribution in [-0.4, -0.2) is 44.9 Å². The van der Waals surface area contributed by atoms with Gasteiger partial charge in [-0.25, -0.2) is 18.6 Å². The molecule has 24 heavy (non-hydrogen) atoms. The summed E-state index contributed by atoms with van der Waals surface area (Å²) in [5, 5.41) is 12.9. The van der Waals surface area contributed by atoms with E-state index in [1.165, 1.54) is 17.1 Å². The Morgan fingerprint density at radius 3 is 2.67 bits per heavy atom. The summed E-state index contributed by atoms with van der Waals surface area (Å²) in [4.78, 5) is 17.1. The van der Waals surface area contributed by atoms with E-state index in [0.29, 0.717) is 25.5 Å². The normalized spacial score (nSPS) is 24.0. The Labute approximate surface area is 144 Å². The van der Waals surface area contributed by atoms with Crippen molar-refractivity contribution in [1.82, 2.24) is 14.8 Å². The van der Waals surface area contributed by atoms with Gasteiger partial charge in [0.05, 0.1) is 34.6 Å². The SMILES string of the molecule is O=C(O)c1cnn(Cc2cnc(N3CC4C(C3)C4(F)F)c(Br)c2)c1. The lowest BCUT2D eigenvalue weighted by molar-refractivity contribution is 0.0696. The lowest BCUT2D eigenvalue weighted by Crippen LogP contribution is -2.28. The van der Waals surface area contributed by atoms with Crippen LogP contribution in [0.1, 0.15) is 15.9 Å². The van der Waals surface area contributed by atoms with Crippen molar-refractivity contribution in [3.8, 4) is 0 Å². The molecule has 1 N–H and O–H groups in total. The maximum atomic E-state index is 13.3. The first kappa shape index (κ1) is 15.5. The summed E-state index contributed by atoms with van der Waals surface area (Å²) in [5.74, 6) is -3.98. The number of carboxylic acid groups (broad SMARTS) is 1. The zero-order valence-electron chi connectivity index (χ0n) is 12.4. The number of carboxylic acids is 1. The molecule has 3 heterocycles. The number of piperidine rings is 1. The predicted molar refractivity (Wildman–Crippen MR) is 84.4 cm³/mol. The van der Waals surface area contributed by atoms with E-state index in [2.05, 4.69) is 26.0 Å². The molecule has 2 aromatic rings. The van der Waals surface area contributed by atoms with Gasteiger partial charge in [-0.15, -0.1) is 0 Å². The number of nitrogens with zero attached hydrogens (tertiary/aromatic N) is 4. The summed E-state index contributed by atoms with van der Waals surface area (Å²) in [6, 6.07) is 1.85. The topological polar surface area (TPSA) is 71.2 Å². The smallest absolute Gasteiger partial charge is 0.338 e. The summed E-state index contributed by atoms with van der Waals surface area (Å²) in [6.45, 7) is 1.02. The second kappa shape index (κ2) is 5.23. The fourth-order valence-electron chi connectivity index (χ4n) is 3.22. The van der Waals surface area contributed by atoms with E-state index in [0.717, 1.165) is 10.0 Å². The number of aromatic carboxylic acids is 1. The highest BCUT2D eigenvalue weighted by molar-refractivity contribution is 9.10. The van der Waals surface area contributed by atoms with Crippen LogP contribution in [0, 0.1) is 11.8 Å². The molecule has 1 saturated heterocycles. The Morgan fingerprint density at radius 1 is 1.38 bits per heavy atom. The van der Waals surface area contributed by atoms with Crippen LogP contribution in [0.25, 0.3) is 0 Å². The molecule has 0 radical (unpaired) electrons. The zero-order chi connectivity index (χ0) is 17.1. The van der Waals surface area contributed by atoms with Crippen LogP contribution in [0.15, 0.2) is 29.1 Å². The van der Waals surface area contributed by atoms with Crippen molar-refractivity contribution in [2.45, 2.75) is 12.5 Å². The van der Waals surface area contributed by atoms with Crippen molar-refractivity contribution in [3.05, 3.63) is 40.3 Å². The van der Waals surface area contributed by atoms with Gasteiger partial charge in [0.15, 0.2) is 0 Å². The summed E-state index contributed by atoms with van der Waals surface area (Å²) in [6.07, 6.45) is 4.39. The number of pyridine rings is 1. The van der Waals surface area contributed by atoms with Gasteiger partial charge in [0.25, 0.3) is 5.92 Å². The number of alkyl halides is 2. The van der Waals surface area contributed by atoms with E-state index in [9.17, 15) is 13.6 Å². The molecule has 2 unspecified atom stereocenters. The van der Waals surface area contributed by atoms with E-state index < -0.39 is 23.7 Å². The van der Waals surface area contributed by atoms with Gasteiger partial charge in [-0.1, -0.05) is 0 Å². The second-order valence-corrected chi connectivity index (χ2v) is 7.03. The molecule has 1 saturated carbocycles. The Bertz CT molecular complexity index is 812. The van der Waals surface area contributed by atoms with Crippen molar-refractivity contribution >= 4 is 27.7 Å². The maximum absolute atomic E-state index is 13.3. The number of hydrogen-bond acceptors (Lipinski definition) is 4. The third kappa shape index (κ3) is 2.47. The van der Waals surface area contributed by atoms with Gasteiger partial charge in [0.2, 0.25) is 0 Å². The van der Waals surface area contributed by atoms with Gasteiger partial charge in [-0.05, 0) is 27.6 Å². The fourth-order valence-corrected chi connectivity index (χ4v) is 3.87. The van der Waals surface area contributed by atoms with Gasteiger partial charge in [-0.3, -0.25) is 4.68 Å². The van der Waals surface area contributed by atoms with E-state index in [4.69, 9.17) is 5.11 Å². The molecule has 0 amide bonds. The van der Waals surface area contributed by atoms with E-state index in [-0.39, 0.29) is 5.56 Å². The highest BCUT2D eigenvalue weighted by atomic mass is 79.9. The third-order valence-electron chi connectivity index (χ3n) is 4.60. The van der Waals surface area contributed by atoms with Crippen LogP contribution < -0.4 is 4.90 Å². The van der Waals surface area contributed by atoms with E-state index in [1.54, 1.807) is 6.20 Å². The number of anilines is 1. The Balaban J connectivity index is 1.47. The van der Waals surface area contributed by atoms with Gasteiger partial charge in [0, 0.05) is 25.5 Å². The minimum atomic E-state index is -2.51. The molecule has 1 aliphatic carbocycles. The summed E-state index contributed by atoms with van der Waals surface area (Å²) >= 11 is 3.45. The second-order valence-electron chi connectivity index (χ2n) is 6.17. The van der Waals surface area contributed by atoms with Gasteiger partial charge in [-0.2, -0.15) is 5.10 Å². The molecule has 4 rings (SSSR count). The molecule has 2 fully saturated rings. The van der Waals surface area contributed by atoms with Crippen LogP contribution >= 0.6 is 15.9 Å². The standard InChI is InChI=1S/C15H13BrF2N4O2/c16-12-1-8(4-22-5-9(3-20-22)14(23)24)2-19-13(12)21-6-10-11(7-21)15(10,17)18/h1-3,5,10-11H,4,6-7H2,(H,23,24). The fraction of sp³-hybridized carbons (Fsp3) is 0.400. The first-order chi connectivity index (χ1) is 11.4. The lowest BCUT2D eigenvalue weighted by atomic mass is 10.2. The minimum absolute atomic E-state index is 0.121. The van der Waals surface area contributed by atoms with Crippen LogP contribution in [0.3, 0.4) is 0 Å². The van der Waals surface area contributed by atoms with Crippen molar-refractivity contribution in [2.75, 3.05) is 18.0 Å². The highest BCUT2D eigenvalue weighted by Gasteiger charge is 2.71. The Kier molecular flexibility index (Phi) is 3.38. The van der Waals surface area contributed by atoms with Gasteiger partial charge >= 0.3 is 5.97 Å². The first-order valence-corrected chi connectivity index (χ1v) is 8.18. The van der Waals surface area contributed by atoms with Crippen LogP contribution in [0.2, 0.25) is 0 Å². The molecular formula is C15H13BrF2N4O2. The summed E-state index contributed by atoms with van der Waals surface area (Å²) < 4.78 is 28.8. The quantitative estimate of drug-likeness (QED) is 0.856. The first-order valence-electron chi connectivity index (χ1n) is 7.39. The monoisotopic (exact) mass is 398 g/mol. The van der Waals surface area contributed by atoms with Crippen LogP contribution in [0.5, 0.6) is 0 Å². The van der Waals surface area contributed by atoms with E-state index in [1.807, 2.05) is 11.0 Å². The van der Waals surface area contributed by atoms with Crippen molar-refractivity contribution in [1.29, 1.82) is 0 Å². The summed E-state index contributed by atoms with van der Waals surface area (Å²) in [7, 11) is 0. The molecule has 2 aliphatic rings. The molecule has 0 spiro atoms. The molecule has 2 aromatic heterocycles. The number of fused-ring (bicyclic) bond motifs is 1. The number of carbonyl (C=O) groups is 1. The molecule has 126 valence electrons. The minimum Gasteiger partial charge on any atom is -0.478 e. The molecule has 0 aromatic carbocycles. The number of hydrogen-bond donors (Lipinski definition) is 1. The Hall–Kier alpha value is -2.03. The number of aromatic nitrogens is 3. The third-order valence-corrected chi connectivity index (χ3v) is 5.19. The van der Waals surface area contributed by atoms with Gasteiger partial charge < -0.3 is 10.0 Å². The number of halogens is 3. The average Bonchev–Trinajstić information content (AvgIpc) is 2.98. The van der Waals surface area contributed by atoms with E-state index >= 15 is 0 Å². The molecular weight excluding hydrogens is 386 g/mol. The average molecular weight is 399 g/mol. The molecule has 6 nitrogen and oxygen atoms in total. The van der Waals surface area contributed by atoms with Crippen molar-refractivity contribution < 1.29 is 18.7 Å². The predicted octanol–water partition coefficient (Wildman–Crippen LogP) is 2.49. The zero-order valence-corrected chi connectivity index (χ0v) is 13.9. The van der Waals surface area contributed by atoms with Crippen molar-refractivity contribution in [2.24, 2.45) is 11.8 Å². The highest BCUT2D eigenvalue weighted by Crippen LogP contribution is 2.59. The molecule has 0 bridgehead atoms. The summed E-state index contributed by atoms with van der Waals surface area (Å²) in [5.41, 5.74) is 0.955. The Morgan fingerprint density at radius 2 is 2.08 bits per heavy atom. The molecule has 2 atom stereocenters. The lowest BCUT2D eigenvalue weighted by Gasteiger charge is -2.22. The maximum Gasteiger partial charge on any atom is 0.338 e. The molecule has 1 aliphatic heterocycles. The van der Waals surface area contributed by atoms with Crippen molar-refractivity contribution in [3.63, 3.8) is 0 Å². The number of rotatable bonds is 4. The largest absolute Gasteiger partial charge is 0.478 e. The van der Waals surface area contributed by atoms with Gasteiger partial charge in [0.1, 0.15) is 5.82 Å². The van der Waals surface area contributed by atoms with Crippen LogP contribution in [-0.2, 0) is 6.54 Å². The van der Waals surface area contributed by atoms with Crippen LogP contribution in [0.4, 0.5) is 14.6 Å². The molecule has 9 heteroatoms.